The van der Waals surface area contributed by atoms with E-state index in [-0.39, 0.29) is 24.5 Å². The van der Waals surface area contributed by atoms with Gasteiger partial charge in [0.05, 0.1) is 29.8 Å². The average molecular weight is 430 g/mol. The number of fused-ring (bicyclic) bond motifs is 1. The average Bonchev–Trinajstić information content (AvgIpc) is 3.12. The molecule has 0 spiro atoms. The molecule has 0 bridgehead atoms. The fourth-order valence-electron chi connectivity index (χ4n) is 3.44. The zero-order valence-electron chi connectivity index (χ0n) is 17.3. The number of carbonyl (C=O) groups excluding carboxylic acids is 2. The van der Waals surface area contributed by atoms with Gasteiger partial charge in [-0.15, -0.1) is 0 Å². The van der Waals surface area contributed by atoms with Gasteiger partial charge in [-0.05, 0) is 36.2 Å². The Morgan fingerprint density at radius 1 is 0.906 bits per heavy atom. The smallest absolute Gasteiger partial charge is 0.419 e. The molecule has 7 nitrogen and oxygen atoms in total. The Labute approximate surface area is 184 Å². The minimum Gasteiger partial charge on any atom is -0.462 e. The van der Waals surface area contributed by atoms with E-state index >= 15 is 0 Å². The van der Waals surface area contributed by atoms with Crippen molar-refractivity contribution in [3.63, 3.8) is 0 Å². The number of anilines is 1. The van der Waals surface area contributed by atoms with Crippen LogP contribution in [0.15, 0.2) is 88.1 Å². The third-order valence-electron chi connectivity index (χ3n) is 4.96. The number of carbonyl (C=O) groups is 2. The predicted molar refractivity (Wildman–Crippen MR) is 121 cm³/mol. The molecule has 0 aliphatic rings. The molecule has 4 rings (SSSR count). The number of rotatable bonds is 8. The molecular weight excluding hydrogens is 408 g/mol. The van der Waals surface area contributed by atoms with Crippen LogP contribution in [0.4, 0.5) is 5.69 Å². The fraction of sp³-hybridized carbons (Fsp3) is 0.160. The maximum atomic E-state index is 12.6. The summed E-state index contributed by atoms with van der Waals surface area (Å²) >= 11 is 0. The van der Waals surface area contributed by atoms with Gasteiger partial charge in [0.1, 0.15) is 0 Å². The number of oxazole rings is 1. The molecule has 1 heterocycles. The molecule has 0 aliphatic heterocycles. The van der Waals surface area contributed by atoms with Crippen LogP contribution in [-0.2, 0) is 22.5 Å². The minimum atomic E-state index is -0.537. The van der Waals surface area contributed by atoms with Crippen LogP contribution >= 0.6 is 0 Å². The highest BCUT2D eigenvalue weighted by atomic mass is 16.5. The molecule has 7 heteroatoms. The molecule has 3 aromatic carbocycles. The molecule has 1 aromatic heterocycles. The highest BCUT2D eigenvalue weighted by Gasteiger charge is 2.15. The van der Waals surface area contributed by atoms with Gasteiger partial charge in [-0.1, -0.05) is 54.6 Å². The summed E-state index contributed by atoms with van der Waals surface area (Å²) in [6, 6.07) is 23.3. The van der Waals surface area contributed by atoms with Gasteiger partial charge in [0.25, 0.3) is 0 Å². The van der Waals surface area contributed by atoms with Crippen molar-refractivity contribution in [1.29, 1.82) is 0 Å². The molecule has 1 N–H and O–H groups in total. The van der Waals surface area contributed by atoms with Gasteiger partial charge in [-0.25, -0.2) is 9.59 Å². The number of benzene rings is 3. The van der Waals surface area contributed by atoms with Crippen LogP contribution in [0, 0.1) is 0 Å². The lowest BCUT2D eigenvalue weighted by atomic mass is 10.1. The summed E-state index contributed by atoms with van der Waals surface area (Å²) < 4.78 is 12.1. The number of nitrogens with zero attached hydrogens (tertiary/aromatic N) is 1. The van der Waals surface area contributed by atoms with E-state index in [0.717, 1.165) is 5.56 Å². The van der Waals surface area contributed by atoms with Gasteiger partial charge >= 0.3 is 11.7 Å². The first kappa shape index (κ1) is 21.1. The number of hydrogen-bond acceptors (Lipinski definition) is 5. The van der Waals surface area contributed by atoms with E-state index in [9.17, 15) is 14.4 Å². The monoisotopic (exact) mass is 430 g/mol. The Morgan fingerprint density at radius 3 is 2.47 bits per heavy atom. The number of esters is 1. The van der Waals surface area contributed by atoms with Gasteiger partial charge in [-0.2, -0.15) is 0 Å². The number of aromatic nitrogens is 1. The molecular formula is C25H22N2O5. The van der Waals surface area contributed by atoms with Crippen LogP contribution in [0.1, 0.15) is 22.3 Å². The Balaban J connectivity index is 1.34. The minimum absolute atomic E-state index is 0.122. The van der Waals surface area contributed by atoms with Crippen molar-refractivity contribution in [1.82, 2.24) is 4.57 Å². The molecule has 0 atom stereocenters. The van der Waals surface area contributed by atoms with Gasteiger partial charge in [0.15, 0.2) is 5.58 Å². The molecule has 1 amide bonds. The van der Waals surface area contributed by atoms with Gasteiger partial charge in [0.2, 0.25) is 5.91 Å². The molecule has 0 saturated heterocycles. The van der Waals surface area contributed by atoms with Crippen molar-refractivity contribution < 1.29 is 18.7 Å². The molecule has 0 unspecified atom stereocenters. The lowest BCUT2D eigenvalue weighted by Gasteiger charge is -2.11. The zero-order valence-corrected chi connectivity index (χ0v) is 17.3. The first-order valence-electron chi connectivity index (χ1n) is 10.3. The topological polar surface area (TPSA) is 90.5 Å². The normalized spacial score (nSPS) is 10.8. The van der Waals surface area contributed by atoms with Crippen molar-refractivity contribution in [3.8, 4) is 0 Å². The van der Waals surface area contributed by atoms with Crippen LogP contribution < -0.4 is 11.1 Å². The lowest BCUT2D eigenvalue weighted by Crippen LogP contribution is -2.18. The highest BCUT2D eigenvalue weighted by molar-refractivity contribution is 6.01. The number of nitrogens with one attached hydrogen (secondary N) is 1. The quantitative estimate of drug-likeness (QED) is 0.337. The van der Waals surface area contributed by atoms with Crippen molar-refractivity contribution in [2.45, 2.75) is 19.4 Å². The van der Waals surface area contributed by atoms with Gasteiger partial charge in [-0.3, -0.25) is 9.36 Å². The predicted octanol–water partition coefficient (Wildman–Crippen LogP) is 4.02. The van der Waals surface area contributed by atoms with Crippen molar-refractivity contribution >= 4 is 28.7 Å². The number of ether oxygens (including phenoxy) is 1. The second kappa shape index (κ2) is 9.78. The summed E-state index contributed by atoms with van der Waals surface area (Å²) in [4.78, 5) is 37.0. The van der Waals surface area contributed by atoms with E-state index in [1.54, 1.807) is 42.5 Å². The van der Waals surface area contributed by atoms with Gasteiger partial charge < -0.3 is 14.5 Å². The standard InChI is InChI=1S/C25H22N2O5/c28-23(17-18-9-2-1-3-10-18)26-20-12-5-4-11-19(20)24(29)31-16-8-15-27-21-13-6-7-14-22(21)32-25(27)30/h1-7,9-14H,8,15-17H2,(H,26,28). The van der Waals surface area contributed by atoms with Gasteiger partial charge in [0, 0.05) is 6.54 Å². The van der Waals surface area contributed by atoms with Crippen LogP contribution in [-0.4, -0.2) is 23.1 Å². The van der Waals surface area contributed by atoms with Crippen molar-refractivity contribution in [3.05, 3.63) is 101 Å². The third-order valence-corrected chi connectivity index (χ3v) is 4.96. The number of hydrogen-bond donors (Lipinski definition) is 1. The molecule has 0 radical (unpaired) electrons. The van der Waals surface area contributed by atoms with Crippen molar-refractivity contribution in [2.75, 3.05) is 11.9 Å². The van der Waals surface area contributed by atoms with E-state index in [1.807, 2.05) is 36.4 Å². The Kier molecular flexibility index (Phi) is 6.46. The third kappa shape index (κ3) is 4.95. The number of aryl methyl sites for hydroxylation is 1. The fourth-order valence-corrected chi connectivity index (χ4v) is 3.44. The Hall–Kier alpha value is -4.13. The maximum Gasteiger partial charge on any atom is 0.419 e. The first-order chi connectivity index (χ1) is 15.6. The SMILES string of the molecule is O=C(Cc1ccccc1)Nc1ccccc1C(=O)OCCCn1c(=O)oc2ccccc21. The molecule has 0 saturated carbocycles. The summed E-state index contributed by atoms with van der Waals surface area (Å²) in [5.41, 5.74) is 2.78. The van der Waals surface area contributed by atoms with Crippen LogP contribution in [0.2, 0.25) is 0 Å². The highest BCUT2D eigenvalue weighted by Crippen LogP contribution is 2.17. The molecule has 162 valence electrons. The summed E-state index contributed by atoms with van der Waals surface area (Å²) in [6.07, 6.45) is 0.648. The van der Waals surface area contributed by atoms with Crippen LogP contribution in [0.5, 0.6) is 0 Å². The summed E-state index contributed by atoms with van der Waals surface area (Å²) in [5.74, 6) is -1.20. The van der Waals surface area contributed by atoms with E-state index in [4.69, 9.17) is 9.15 Å². The van der Waals surface area contributed by atoms with E-state index < -0.39 is 11.7 Å². The van der Waals surface area contributed by atoms with Crippen LogP contribution in [0.3, 0.4) is 0 Å². The second-order valence-corrected chi connectivity index (χ2v) is 7.23. The number of amides is 1. The maximum absolute atomic E-state index is 12.6. The second-order valence-electron chi connectivity index (χ2n) is 7.23. The summed E-state index contributed by atoms with van der Waals surface area (Å²) in [7, 11) is 0. The molecule has 0 fully saturated rings. The Morgan fingerprint density at radius 2 is 1.62 bits per heavy atom. The van der Waals surface area contributed by atoms with E-state index in [0.29, 0.717) is 29.8 Å². The molecule has 4 aromatic rings. The Bertz CT molecular complexity index is 1290. The first-order valence-corrected chi connectivity index (χ1v) is 10.3. The zero-order chi connectivity index (χ0) is 22.3. The summed E-state index contributed by atoms with van der Waals surface area (Å²) in [6.45, 7) is 0.482. The van der Waals surface area contributed by atoms with E-state index in [1.165, 1.54) is 4.57 Å². The lowest BCUT2D eigenvalue weighted by molar-refractivity contribution is -0.115. The van der Waals surface area contributed by atoms with Crippen molar-refractivity contribution in [2.24, 2.45) is 0 Å². The van der Waals surface area contributed by atoms with Crippen LogP contribution in [0.25, 0.3) is 11.1 Å². The number of para-hydroxylation sites is 3. The molecule has 32 heavy (non-hydrogen) atoms. The van der Waals surface area contributed by atoms with E-state index in [2.05, 4.69) is 5.32 Å². The molecule has 0 aliphatic carbocycles. The summed E-state index contributed by atoms with van der Waals surface area (Å²) in [5, 5.41) is 2.78. The largest absolute Gasteiger partial charge is 0.462 e.